The summed E-state index contributed by atoms with van der Waals surface area (Å²) in [5, 5.41) is 0. The van der Waals surface area contributed by atoms with Gasteiger partial charge in [-0.25, -0.2) is 4.79 Å². The number of hydrogen-bond acceptors (Lipinski definition) is 3. The highest BCUT2D eigenvalue weighted by molar-refractivity contribution is 6.76. The molecule has 0 aliphatic rings. The van der Waals surface area contributed by atoms with E-state index in [0.29, 0.717) is 0 Å². The third kappa shape index (κ3) is 7.05. The first-order valence-corrected chi connectivity index (χ1v) is 10.1. The molecule has 0 aromatic heterocycles. The topological polar surface area (TPSA) is 35.5 Å². The van der Waals surface area contributed by atoms with E-state index in [1.54, 1.807) is 0 Å². The molecule has 0 heterocycles. The van der Waals surface area contributed by atoms with Crippen LogP contribution in [0.25, 0.3) is 0 Å². The molecule has 0 aromatic carbocycles. The summed E-state index contributed by atoms with van der Waals surface area (Å²) in [6.07, 6.45) is 2.19. The molecule has 82 valence electrons. The largest absolute Gasteiger partial charge is 0.494 e. The van der Waals surface area contributed by atoms with Crippen molar-refractivity contribution in [1.82, 2.24) is 0 Å². The van der Waals surface area contributed by atoms with Crippen molar-refractivity contribution in [3.05, 3.63) is 12.7 Å². The highest BCUT2D eigenvalue weighted by Gasteiger charge is 2.24. The van der Waals surface area contributed by atoms with E-state index >= 15 is 0 Å². The van der Waals surface area contributed by atoms with Crippen molar-refractivity contribution >= 4 is 23.6 Å². The van der Waals surface area contributed by atoms with E-state index in [1.807, 2.05) is 0 Å². The lowest BCUT2D eigenvalue weighted by atomic mass is 10.6. The quantitative estimate of drug-likeness (QED) is 0.520. The minimum atomic E-state index is -1.79. The lowest BCUT2D eigenvalue weighted by molar-refractivity contribution is -0.130. The van der Waals surface area contributed by atoms with Crippen LogP contribution in [0.1, 0.15) is 13.3 Å². The van der Waals surface area contributed by atoms with Crippen molar-refractivity contribution in [3.63, 3.8) is 0 Å². The Morgan fingerprint density at radius 1 is 1.50 bits per heavy atom. The Hall–Kier alpha value is -0.396. The van der Waals surface area contributed by atoms with Gasteiger partial charge in [-0.1, -0.05) is 19.9 Å². The Labute approximate surface area is 89.1 Å². The van der Waals surface area contributed by atoms with E-state index in [0.717, 1.165) is 12.5 Å². The van der Waals surface area contributed by atoms with Crippen molar-refractivity contribution in [2.45, 2.75) is 39.0 Å². The fourth-order valence-corrected chi connectivity index (χ4v) is 5.71. The average Bonchev–Trinajstić information content (AvgIpc) is 2.01. The van der Waals surface area contributed by atoms with Crippen LogP contribution in [-0.2, 0) is 13.3 Å². The predicted molar refractivity (Wildman–Crippen MR) is 63.0 cm³/mol. The van der Waals surface area contributed by atoms with Gasteiger partial charge in [-0.05, 0) is 25.7 Å². The van der Waals surface area contributed by atoms with Crippen LogP contribution in [0, 0.1) is 0 Å². The first-order chi connectivity index (χ1) is 6.39. The van der Waals surface area contributed by atoms with E-state index < -0.39 is 17.6 Å². The summed E-state index contributed by atoms with van der Waals surface area (Å²) in [5.74, 6) is -0.353. The van der Waals surface area contributed by atoms with Crippen LogP contribution in [0.2, 0.25) is 25.7 Å². The maximum Gasteiger partial charge on any atom is 0.375 e. The zero-order valence-corrected chi connectivity index (χ0v) is 11.7. The highest BCUT2D eigenvalue weighted by Crippen LogP contribution is 2.10. The van der Waals surface area contributed by atoms with E-state index in [4.69, 9.17) is 8.54 Å². The number of hydrogen-bond donors (Lipinski definition) is 0. The molecular formula is C9H20O3Si2. The van der Waals surface area contributed by atoms with Crippen LogP contribution in [-0.4, -0.2) is 23.6 Å². The zero-order chi connectivity index (χ0) is 11.2. The Bertz CT molecular complexity index is 199. The molecule has 0 amide bonds. The second-order valence-corrected chi connectivity index (χ2v) is 10.9. The van der Waals surface area contributed by atoms with E-state index in [1.165, 1.54) is 6.08 Å². The van der Waals surface area contributed by atoms with E-state index in [2.05, 4.69) is 33.1 Å². The normalized spacial score (nSPS) is 13.4. The molecule has 0 aromatic rings. The molecule has 5 heteroatoms. The molecular weight excluding hydrogens is 212 g/mol. The lowest BCUT2D eigenvalue weighted by Crippen LogP contribution is -2.37. The van der Waals surface area contributed by atoms with Gasteiger partial charge < -0.3 is 8.54 Å². The van der Waals surface area contributed by atoms with Crippen molar-refractivity contribution in [1.29, 1.82) is 0 Å². The molecule has 0 aliphatic heterocycles. The van der Waals surface area contributed by atoms with Crippen LogP contribution in [0.5, 0.6) is 0 Å². The Kier molecular flexibility index (Phi) is 5.98. The fraction of sp³-hybridized carbons (Fsp3) is 0.667. The van der Waals surface area contributed by atoms with Gasteiger partial charge in [0, 0.05) is 6.08 Å². The van der Waals surface area contributed by atoms with Gasteiger partial charge in [-0.15, -0.1) is 0 Å². The molecule has 1 unspecified atom stereocenters. The van der Waals surface area contributed by atoms with Gasteiger partial charge in [0.1, 0.15) is 0 Å². The SMILES string of the molecule is C=CC(=O)O[SiH](CCC)O[Si](C)(C)C. The van der Waals surface area contributed by atoms with Gasteiger partial charge in [-0.2, -0.15) is 0 Å². The monoisotopic (exact) mass is 232 g/mol. The maximum absolute atomic E-state index is 11.0. The second-order valence-electron chi connectivity index (χ2n) is 4.09. The first-order valence-electron chi connectivity index (χ1n) is 4.90. The molecule has 0 fully saturated rings. The fourth-order valence-electron chi connectivity index (χ4n) is 0.950. The van der Waals surface area contributed by atoms with Gasteiger partial charge in [0.25, 0.3) is 0 Å². The molecule has 1 atom stereocenters. The van der Waals surface area contributed by atoms with E-state index in [-0.39, 0.29) is 5.97 Å². The van der Waals surface area contributed by atoms with Gasteiger partial charge in [-0.3, -0.25) is 0 Å². The van der Waals surface area contributed by atoms with Gasteiger partial charge in [0.15, 0.2) is 8.32 Å². The molecule has 0 radical (unpaired) electrons. The van der Waals surface area contributed by atoms with Crippen LogP contribution in [0.15, 0.2) is 12.7 Å². The van der Waals surface area contributed by atoms with Crippen molar-refractivity contribution < 1.29 is 13.3 Å². The minimum Gasteiger partial charge on any atom is -0.494 e. The van der Waals surface area contributed by atoms with Crippen LogP contribution in [0.4, 0.5) is 0 Å². The minimum absolute atomic E-state index is 0.353. The van der Waals surface area contributed by atoms with Gasteiger partial charge in [0.2, 0.25) is 0 Å². The summed E-state index contributed by atoms with van der Waals surface area (Å²) in [6.45, 7) is 11.7. The molecule has 0 saturated heterocycles. The lowest BCUT2D eigenvalue weighted by Gasteiger charge is -2.24. The summed E-state index contributed by atoms with van der Waals surface area (Å²) < 4.78 is 11.0. The number of carbonyl (C=O) groups excluding carboxylic acids is 1. The van der Waals surface area contributed by atoms with Crippen LogP contribution < -0.4 is 0 Å². The summed E-state index contributed by atoms with van der Waals surface area (Å²) in [5.41, 5.74) is 0. The smallest absolute Gasteiger partial charge is 0.375 e. The Morgan fingerprint density at radius 2 is 2.07 bits per heavy atom. The summed E-state index contributed by atoms with van der Waals surface area (Å²) in [4.78, 5) is 11.0. The Balaban J connectivity index is 4.15. The standard InChI is InChI=1S/C9H20O3Si2/c1-6-8-13(11-9(10)7-2)12-14(3,4)5/h7,13H,2,6,8H2,1,3-5H3. The van der Waals surface area contributed by atoms with Crippen molar-refractivity contribution in [2.75, 3.05) is 0 Å². The van der Waals surface area contributed by atoms with Gasteiger partial charge in [0.05, 0.1) is 0 Å². The van der Waals surface area contributed by atoms with Crippen LogP contribution in [0.3, 0.4) is 0 Å². The molecule has 0 aliphatic carbocycles. The van der Waals surface area contributed by atoms with E-state index in [9.17, 15) is 4.79 Å². The molecule has 0 saturated carbocycles. The summed E-state index contributed by atoms with van der Waals surface area (Å²) in [7, 11) is -3.38. The van der Waals surface area contributed by atoms with Gasteiger partial charge >= 0.3 is 15.3 Å². The maximum atomic E-state index is 11.0. The number of carbonyl (C=O) groups is 1. The first kappa shape index (κ1) is 13.6. The average molecular weight is 232 g/mol. The predicted octanol–water partition coefficient (Wildman–Crippen LogP) is 2.20. The molecule has 0 N–H and O–H groups in total. The molecule has 0 bridgehead atoms. The molecule has 14 heavy (non-hydrogen) atoms. The Morgan fingerprint density at radius 3 is 2.43 bits per heavy atom. The van der Waals surface area contributed by atoms with Crippen LogP contribution >= 0.6 is 0 Å². The molecule has 0 spiro atoms. The van der Waals surface area contributed by atoms with Crippen molar-refractivity contribution in [2.24, 2.45) is 0 Å². The summed E-state index contributed by atoms with van der Waals surface area (Å²) in [6, 6.07) is 0.879. The third-order valence-electron chi connectivity index (χ3n) is 1.42. The third-order valence-corrected chi connectivity index (χ3v) is 6.85. The highest BCUT2D eigenvalue weighted by atomic mass is 28.4. The molecule has 3 nitrogen and oxygen atoms in total. The number of rotatable bonds is 6. The zero-order valence-electron chi connectivity index (χ0n) is 9.50. The molecule has 0 rings (SSSR count). The second kappa shape index (κ2) is 6.16. The van der Waals surface area contributed by atoms with Crippen molar-refractivity contribution in [3.8, 4) is 0 Å². The summed E-state index contributed by atoms with van der Waals surface area (Å²) >= 11 is 0.